The van der Waals surface area contributed by atoms with Crippen LogP contribution in [0.4, 0.5) is 5.69 Å². The molecule has 0 aromatic heterocycles. The lowest BCUT2D eigenvalue weighted by atomic mass is 10.2. The molecular formula is C35H30N4O3. The lowest BCUT2D eigenvalue weighted by Crippen LogP contribution is -2.17. The summed E-state index contributed by atoms with van der Waals surface area (Å²) < 4.78 is 11.7. The van der Waals surface area contributed by atoms with E-state index in [1.165, 1.54) is 0 Å². The number of nitrogens with zero attached hydrogens (tertiary/aromatic N) is 2. The second kappa shape index (κ2) is 14.6. The summed E-state index contributed by atoms with van der Waals surface area (Å²) in [6, 6.07) is 42.2. The molecule has 1 amide bonds. The molecular weight excluding hydrogens is 524 g/mol. The number of hydrogen-bond acceptors (Lipinski definition) is 6. The minimum atomic E-state index is -0.315. The summed E-state index contributed by atoms with van der Waals surface area (Å²) in [6.45, 7) is 0.980. The Hall–Kier alpha value is -5.69. The molecule has 0 atom stereocenters. The predicted molar refractivity (Wildman–Crippen MR) is 167 cm³/mol. The third kappa shape index (κ3) is 8.66. The standard InChI is InChI=1S/C35H30N4O3/c40-35(39-37-24-30-14-8-16-34(22-30)42-26-28-11-5-2-6-12-28)31-17-19-32(20-18-31)38-36-23-29-13-7-15-33(21-29)41-25-27-9-3-1-4-10-27/h1-24,38H,25-26H2,(H,39,40)/b36-23+,37-24+. The Morgan fingerprint density at radius 1 is 0.595 bits per heavy atom. The highest BCUT2D eigenvalue weighted by molar-refractivity contribution is 5.95. The molecule has 5 aromatic rings. The Morgan fingerprint density at radius 2 is 1.12 bits per heavy atom. The van der Waals surface area contributed by atoms with Gasteiger partial charge in [0.1, 0.15) is 24.7 Å². The van der Waals surface area contributed by atoms with E-state index in [-0.39, 0.29) is 5.91 Å². The molecule has 0 saturated carbocycles. The highest BCUT2D eigenvalue weighted by Crippen LogP contribution is 2.16. The molecule has 0 aliphatic rings. The average molecular weight is 555 g/mol. The van der Waals surface area contributed by atoms with Crippen molar-refractivity contribution in [3.05, 3.63) is 161 Å². The van der Waals surface area contributed by atoms with Crippen molar-refractivity contribution in [1.29, 1.82) is 0 Å². The summed E-state index contributed by atoms with van der Waals surface area (Å²) in [6.07, 6.45) is 3.30. The highest BCUT2D eigenvalue weighted by atomic mass is 16.5. The van der Waals surface area contributed by atoms with Gasteiger partial charge >= 0.3 is 0 Å². The number of hydrogen-bond donors (Lipinski definition) is 2. The summed E-state index contributed by atoms with van der Waals surface area (Å²) >= 11 is 0. The SMILES string of the molecule is O=C(N/N=C/c1cccc(OCc2ccccc2)c1)c1ccc(N/N=C/c2cccc(OCc3ccccc3)c2)cc1. The summed E-state index contributed by atoms with van der Waals surface area (Å²) in [7, 11) is 0. The first-order valence-electron chi connectivity index (χ1n) is 13.5. The fraction of sp³-hybridized carbons (Fsp3) is 0.0571. The Bertz CT molecular complexity index is 1640. The molecule has 0 aliphatic carbocycles. The summed E-state index contributed by atoms with van der Waals surface area (Å²) in [5.74, 6) is 1.18. The molecule has 0 aliphatic heterocycles. The quantitative estimate of drug-likeness (QED) is 0.128. The van der Waals surface area contributed by atoms with Crippen LogP contribution in [0.5, 0.6) is 11.5 Å². The lowest BCUT2D eigenvalue weighted by molar-refractivity contribution is 0.0955. The van der Waals surface area contributed by atoms with Crippen molar-refractivity contribution in [3.8, 4) is 11.5 Å². The molecule has 0 spiro atoms. The molecule has 5 rings (SSSR count). The molecule has 5 aromatic carbocycles. The molecule has 0 fully saturated rings. The number of hydrazone groups is 2. The fourth-order valence-electron chi connectivity index (χ4n) is 3.96. The first-order chi connectivity index (χ1) is 20.7. The monoisotopic (exact) mass is 554 g/mol. The van der Waals surface area contributed by atoms with Crippen LogP contribution >= 0.6 is 0 Å². The van der Waals surface area contributed by atoms with Gasteiger partial charge in [-0.15, -0.1) is 0 Å². The van der Waals surface area contributed by atoms with E-state index in [4.69, 9.17) is 9.47 Å². The van der Waals surface area contributed by atoms with Crippen LogP contribution in [-0.2, 0) is 13.2 Å². The molecule has 0 heterocycles. The number of amides is 1. The second-order valence-corrected chi connectivity index (χ2v) is 9.34. The molecule has 0 bridgehead atoms. The van der Waals surface area contributed by atoms with Crippen LogP contribution in [0.3, 0.4) is 0 Å². The molecule has 0 unspecified atom stereocenters. The molecule has 0 saturated heterocycles. The molecule has 208 valence electrons. The molecule has 42 heavy (non-hydrogen) atoms. The zero-order valence-electron chi connectivity index (χ0n) is 22.9. The fourth-order valence-corrected chi connectivity index (χ4v) is 3.96. The van der Waals surface area contributed by atoms with Gasteiger partial charge < -0.3 is 9.47 Å². The zero-order chi connectivity index (χ0) is 28.8. The molecule has 7 heteroatoms. The maximum absolute atomic E-state index is 12.5. The Balaban J connectivity index is 1.08. The van der Waals surface area contributed by atoms with Crippen molar-refractivity contribution < 1.29 is 14.3 Å². The highest BCUT2D eigenvalue weighted by Gasteiger charge is 2.04. The smallest absolute Gasteiger partial charge is 0.271 e. The Labute approximate surface area is 245 Å². The van der Waals surface area contributed by atoms with Gasteiger partial charge in [-0.05, 0) is 70.8 Å². The number of nitrogens with one attached hydrogen (secondary N) is 2. The first-order valence-corrected chi connectivity index (χ1v) is 13.5. The molecule has 2 N–H and O–H groups in total. The lowest BCUT2D eigenvalue weighted by Gasteiger charge is -2.07. The maximum Gasteiger partial charge on any atom is 0.271 e. The maximum atomic E-state index is 12.5. The van der Waals surface area contributed by atoms with E-state index in [2.05, 4.69) is 21.1 Å². The Kier molecular flexibility index (Phi) is 9.70. The van der Waals surface area contributed by atoms with Crippen LogP contribution in [0.2, 0.25) is 0 Å². The van der Waals surface area contributed by atoms with Gasteiger partial charge in [0.25, 0.3) is 5.91 Å². The predicted octanol–water partition coefficient (Wildman–Crippen LogP) is 7.05. The van der Waals surface area contributed by atoms with E-state index in [1.807, 2.05) is 109 Å². The van der Waals surface area contributed by atoms with Gasteiger partial charge in [0, 0.05) is 5.56 Å². The van der Waals surface area contributed by atoms with Crippen molar-refractivity contribution in [3.63, 3.8) is 0 Å². The Morgan fingerprint density at radius 3 is 1.67 bits per heavy atom. The average Bonchev–Trinajstić information content (AvgIpc) is 3.04. The van der Waals surface area contributed by atoms with E-state index in [9.17, 15) is 4.79 Å². The number of benzene rings is 5. The minimum Gasteiger partial charge on any atom is -0.489 e. The van der Waals surface area contributed by atoms with E-state index in [0.29, 0.717) is 18.8 Å². The van der Waals surface area contributed by atoms with Crippen molar-refractivity contribution in [2.24, 2.45) is 10.2 Å². The third-order valence-electron chi connectivity index (χ3n) is 6.15. The molecule has 7 nitrogen and oxygen atoms in total. The van der Waals surface area contributed by atoms with Crippen LogP contribution < -0.4 is 20.3 Å². The van der Waals surface area contributed by atoms with E-state index in [0.717, 1.165) is 39.4 Å². The minimum absolute atomic E-state index is 0.315. The van der Waals surface area contributed by atoms with Gasteiger partial charge in [-0.2, -0.15) is 10.2 Å². The van der Waals surface area contributed by atoms with Crippen LogP contribution in [0.25, 0.3) is 0 Å². The first kappa shape index (κ1) is 27.9. The van der Waals surface area contributed by atoms with Crippen LogP contribution in [-0.4, -0.2) is 18.3 Å². The number of ether oxygens (including phenoxy) is 2. The van der Waals surface area contributed by atoms with Crippen LogP contribution in [0.1, 0.15) is 32.6 Å². The van der Waals surface area contributed by atoms with Crippen molar-refractivity contribution in [2.45, 2.75) is 13.2 Å². The van der Waals surface area contributed by atoms with Gasteiger partial charge in [0.05, 0.1) is 18.1 Å². The van der Waals surface area contributed by atoms with Gasteiger partial charge in [0.15, 0.2) is 0 Å². The summed E-state index contributed by atoms with van der Waals surface area (Å²) in [5, 5.41) is 8.39. The van der Waals surface area contributed by atoms with E-state index >= 15 is 0 Å². The summed E-state index contributed by atoms with van der Waals surface area (Å²) in [5.41, 5.74) is 10.7. The van der Waals surface area contributed by atoms with Gasteiger partial charge in [-0.3, -0.25) is 10.2 Å². The van der Waals surface area contributed by atoms with E-state index in [1.54, 1.807) is 36.7 Å². The van der Waals surface area contributed by atoms with Crippen LogP contribution in [0.15, 0.2) is 144 Å². The van der Waals surface area contributed by atoms with Crippen molar-refractivity contribution in [1.82, 2.24) is 5.43 Å². The largest absolute Gasteiger partial charge is 0.489 e. The van der Waals surface area contributed by atoms with E-state index < -0.39 is 0 Å². The molecule has 0 radical (unpaired) electrons. The van der Waals surface area contributed by atoms with Gasteiger partial charge in [0.2, 0.25) is 0 Å². The zero-order valence-corrected chi connectivity index (χ0v) is 22.9. The number of anilines is 1. The number of carbonyl (C=O) groups excluding carboxylic acids is 1. The van der Waals surface area contributed by atoms with Crippen LogP contribution in [0, 0.1) is 0 Å². The van der Waals surface area contributed by atoms with Gasteiger partial charge in [-0.1, -0.05) is 84.9 Å². The van der Waals surface area contributed by atoms with Crippen molar-refractivity contribution in [2.75, 3.05) is 5.43 Å². The number of carbonyl (C=O) groups is 1. The second-order valence-electron chi connectivity index (χ2n) is 9.34. The third-order valence-corrected chi connectivity index (χ3v) is 6.15. The number of rotatable bonds is 12. The topological polar surface area (TPSA) is 84.3 Å². The summed E-state index contributed by atoms with van der Waals surface area (Å²) in [4.78, 5) is 12.5. The normalized spacial score (nSPS) is 11.0. The van der Waals surface area contributed by atoms with Gasteiger partial charge in [-0.25, -0.2) is 5.43 Å². The van der Waals surface area contributed by atoms with Crippen molar-refractivity contribution >= 4 is 24.0 Å².